The molecule has 98 valence electrons. The van der Waals surface area contributed by atoms with Crippen LogP contribution in [0.4, 0.5) is 5.82 Å². The topological polar surface area (TPSA) is 50.2 Å². The Labute approximate surface area is 107 Å². The van der Waals surface area contributed by atoms with Gasteiger partial charge in [0.1, 0.15) is 0 Å². The van der Waals surface area contributed by atoms with Crippen LogP contribution in [0.1, 0.15) is 19.8 Å². The summed E-state index contributed by atoms with van der Waals surface area (Å²) >= 11 is 0. The number of hydrogen-bond donors (Lipinski definition) is 1. The van der Waals surface area contributed by atoms with E-state index in [1.807, 2.05) is 6.92 Å². The van der Waals surface area contributed by atoms with Crippen molar-refractivity contribution in [3.05, 3.63) is 22.7 Å². The first kappa shape index (κ1) is 11.7. The van der Waals surface area contributed by atoms with Gasteiger partial charge in [0.05, 0.1) is 0 Å². The fraction of sp³-hybridized carbons (Fsp3) is 0.692. The van der Waals surface area contributed by atoms with Crippen LogP contribution in [0.25, 0.3) is 0 Å². The summed E-state index contributed by atoms with van der Waals surface area (Å²) in [5.74, 6) is 0.628. The van der Waals surface area contributed by atoms with Crippen molar-refractivity contribution in [1.29, 1.82) is 0 Å². The monoisotopic (exact) mass is 248 g/mol. The van der Waals surface area contributed by atoms with Gasteiger partial charge >= 0.3 is 0 Å². The highest BCUT2D eigenvalue weighted by Gasteiger charge is 2.41. The van der Waals surface area contributed by atoms with Gasteiger partial charge in [0.25, 0.3) is 5.56 Å². The molecule has 0 amide bonds. The Hall–Kier alpha value is -1.36. The molecule has 1 aromatic heterocycles. The van der Waals surface area contributed by atoms with E-state index in [0.717, 1.165) is 26.2 Å². The van der Waals surface area contributed by atoms with Gasteiger partial charge in [0.15, 0.2) is 5.82 Å². The molecule has 1 N–H and O–H groups in total. The molecule has 5 nitrogen and oxygen atoms in total. The molecule has 5 heteroatoms. The summed E-state index contributed by atoms with van der Waals surface area (Å²) in [4.78, 5) is 18.7. The molecule has 0 aliphatic carbocycles. The van der Waals surface area contributed by atoms with E-state index < -0.39 is 0 Å². The number of anilines is 1. The number of hydrogen-bond acceptors (Lipinski definition) is 4. The smallest absolute Gasteiger partial charge is 0.293 e. The van der Waals surface area contributed by atoms with E-state index in [-0.39, 0.29) is 5.56 Å². The molecule has 2 saturated heterocycles. The first-order valence-corrected chi connectivity index (χ1v) is 6.75. The maximum absolute atomic E-state index is 12.2. The molecule has 1 spiro atoms. The number of aromatic nitrogens is 2. The number of nitrogens with zero attached hydrogens (tertiary/aromatic N) is 3. The summed E-state index contributed by atoms with van der Waals surface area (Å²) in [6.45, 7) is 6.80. The molecule has 2 aliphatic rings. The van der Waals surface area contributed by atoms with E-state index in [1.54, 1.807) is 17.0 Å². The SMILES string of the molecule is CCn1ccnc(N2CCC3(CCNC3)C2)c1=O. The maximum atomic E-state index is 12.2. The van der Waals surface area contributed by atoms with Crippen molar-refractivity contribution < 1.29 is 0 Å². The quantitative estimate of drug-likeness (QED) is 0.826. The second kappa shape index (κ2) is 4.39. The third-order valence-corrected chi connectivity index (χ3v) is 4.31. The predicted molar refractivity (Wildman–Crippen MR) is 70.9 cm³/mol. The summed E-state index contributed by atoms with van der Waals surface area (Å²) in [6, 6.07) is 0. The Balaban J connectivity index is 1.86. The van der Waals surface area contributed by atoms with Crippen LogP contribution >= 0.6 is 0 Å². The third kappa shape index (κ3) is 1.82. The zero-order valence-electron chi connectivity index (χ0n) is 10.9. The van der Waals surface area contributed by atoms with Crippen molar-refractivity contribution >= 4 is 5.82 Å². The fourth-order valence-electron chi connectivity index (χ4n) is 3.16. The highest BCUT2D eigenvalue weighted by atomic mass is 16.1. The van der Waals surface area contributed by atoms with Crippen LogP contribution in [0.2, 0.25) is 0 Å². The van der Waals surface area contributed by atoms with E-state index in [9.17, 15) is 4.79 Å². The lowest BCUT2D eigenvalue weighted by Crippen LogP contribution is -2.34. The van der Waals surface area contributed by atoms with Crippen molar-refractivity contribution in [2.75, 3.05) is 31.1 Å². The van der Waals surface area contributed by atoms with Crippen molar-refractivity contribution in [1.82, 2.24) is 14.9 Å². The minimum atomic E-state index is 0.0445. The molecule has 0 aromatic carbocycles. The summed E-state index contributed by atoms with van der Waals surface area (Å²) in [5, 5.41) is 3.43. The molecule has 1 atom stereocenters. The van der Waals surface area contributed by atoms with Crippen LogP contribution in [-0.2, 0) is 6.54 Å². The molecule has 18 heavy (non-hydrogen) atoms. The maximum Gasteiger partial charge on any atom is 0.293 e. The standard InChI is InChI=1S/C13H20N4O/c1-2-16-8-6-15-11(12(16)18)17-7-4-13(10-17)3-5-14-9-13/h6,8,14H,2-5,7,9-10H2,1H3. The lowest BCUT2D eigenvalue weighted by atomic mass is 9.87. The van der Waals surface area contributed by atoms with Crippen LogP contribution in [-0.4, -0.2) is 35.7 Å². The van der Waals surface area contributed by atoms with Gasteiger partial charge in [-0.3, -0.25) is 4.79 Å². The molecule has 0 radical (unpaired) electrons. The molecule has 2 aliphatic heterocycles. The van der Waals surface area contributed by atoms with Crippen LogP contribution in [0.15, 0.2) is 17.2 Å². The second-order valence-electron chi connectivity index (χ2n) is 5.44. The average molecular weight is 248 g/mol. The van der Waals surface area contributed by atoms with E-state index in [4.69, 9.17) is 0 Å². The number of aryl methyl sites for hydroxylation is 1. The zero-order chi connectivity index (χ0) is 12.6. The number of rotatable bonds is 2. The summed E-state index contributed by atoms with van der Waals surface area (Å²) in [5.41, 5.74) is 0.420. The Morgan fingerprint density at radius 1 is 1.50 bits per heavy atom. The molecule has 0 bridgehead atoms. The molecule has 2 fully saturated rings. The van der Waals surface area contributed by atoms with Gasteiger partial charge in [-0.15, -0.1) is 0 Å². The largest absolute Gasteiger partial charge is 0.351 e. The molecule has 1 unspecified atom stereocenters. The van der Waals surface area contributed by atoms with E-state index in [0.29, 0.717) is 17.8 Å². The van der Waals surface area contributed by atoms with E-state index >= 15 is 0 Å². The van der Waals surface area contributed by atoms with Crippen LogP contribution < -0.4 is 15.8 Å². The van der Waals surface area contributed by atoms with Gasteiger partial charge in [0.2, 0.25) is 0 Å². The van der Waals surface area contributed by atoms with E-state index in [2.05, 4.69) is 15.2 Å². The van der Waals surface area contributed by atoms with Gasteiger partial charge in [-0.1, -0.05) is 0 Å². The molecular formula is C13H20N4O. The van der Waals surface area contributed by atoms with Gasteiger partial charge in [-0.25, -0.2) is 4.98 Å². The van der Waals surface area contributed by atoms with Crippen molar-refractivity contribution in [2.24, 2.45) is 5.41 Å². The Morgan fingerprint density at radius 3 is 3.11 bits per heavy atom. The normalized spacial score (nSPS) is 27.3. The van der Waals surface area contributed by atoms with Gasteiger partial charge in [-0.2, -0.15) is 0 Å². The number of nitrogens with one attached hydrogen (secondary N) is 1. The van der Waals surface area contributed by atoms with Crippen molar-refractivity contribution in [2.45, 2.75) is 26.3 Å². The molecule has 0 saturated carbocycles. The summed E-state index contributed by atoms with van der Waals surface area (Å²) in [7, 11) is 0. The Bertz CT molecular complexity index is 490. The highest BCUT2D eigenvalue weighted by molar-refractivity contribution is 5.38. The Kier molecular flexibility index (Phi) is 2.86. The lowest BCUT2D eigenvalue weighted by molar-refractivity contribution is 0.369. The van der Waals surface area contributed by atoms with Crippen molar-refractivity contribution in [3.63, 3.8) is 0 Å². The fourth-order valence-corrected chi connectivity index (χ4v) is 3.16. The molecular weight excluding hydrogens is 228 g/mol. The highest BCUT2D eigenvalue weighted by Crippen LogP contribution is 2.36. The first-order valence-electron chi connectivity index (χ1n) is 6.75. The van der Waals surface area contributed by atoms with Gasteiger partial charge in [0, 0.05) is 44.0 Å². The first-order chi connectivity index (χ1) is 8.74. The van der Waals surface area contributed by atoms with Crippen LogP contribution in [0.3, 0.4) is 0 Å². The van der Waals surface area contributed by atoms with Crippen molar-refractivity contribution in [3.8, 4) is 0 Å². The third-order valence-electron chi connectivity index (χ3n) is 4.31. The molecule has 3 heterocycles. The molecule has 1 aromatic rings. The Morgan fingerprint density at radius 2 is 2.39 bits per heavy atom. The van der Waals surface area contributed by atoms with Gasteiger partial charge in [-0.05, 0) is 26.3 Å². The lowest BCUT2D eigenvalue weighted by Gasteiger charge is -2.23. The zero-order valence-corrected chi connectivity index (χ0v) is 10.9. The minimum Gasteiger partial charge on any atom is -0.351 e. The predicted octanol–water partition coefficient (Wildman–Crippen LogP) is 0.453. The van der Waals surface area contributed by atoms with E-state index in [1.165, 1.54) is 12.8 Å². The average Bonchev–Trinajstić information content (AvgIpc) is 3.01. The van der Waals surface area contributed by atoms with Gasteiger partial charge < -0.3 is 14.8 Å². The molecule has 3 rings (SSSR count). The van der Waals surface area contributed by atoms with Crippen LogP contribution in [0.5, 0.6) is 0 Å². The summed E-state index contributed by atoms with van der Waals surface area (Å²) in [6.07, 6.45) is 5.88. The van der Waals surface area contributed by atoms with Crippen LogP contribution in [0, 0.1) is 5.41 Å². The second-order valence-corrected chi connectivity index (χ2v) is 5.44. The summed E-state index contributed by atoms with van der Waals surface area (Å²) < 4.78 is 1.72. The minimum absolute atomic E-state index is 0.0445.